The van der Waals surface area contributed by atoms with Gasteiger partial charge in [-0.1, -0.05) is 76.2 Å². The molecule has 0 fully saturated rings. The summed E-state index contributed by atoms with van der Waals surface area (Å²) in [6.07, 6.45) is 1.06. The van der Waals surface area contributed by atoms with E-state index in [0.717, 1.165) is 22.4 Å². The Kier molecular flexibility index (Phi) is 5.72. The summed E-state index contributed by atoms with van der Waals surface area (Å²) in [4.78, 5) is 10.7. The van der Waals surface area contributed by atoms with Crippen molar-refractivity contribution in [3.8, 4) is 22.6 Å². The van der Waals surface area contributed by atoms with Crippen molar-refractivity contribution in [3.05, 3.63) is 83.4 Å². The van der Waals surface area contributed by atoms with E-state index < -0.39 is 6.16 Å². The predicted molar refractivity (Wildman–Crippen MR) is 127 cm³/mol. The van der Waals surface area contributed by atoms with E-state index in [1.54, 1.807) is 12.1 Å². The fourth-order valence-corrected chi connectivity index (χ4v) is 4.52. The van der Waals surface area contributed by atoms with Crippen molar-refractivity contribution >= 4 is 6.16 Å². The van der Waals surface area contributed by atoms with E-state index in [-0.39, 0.29) is 10.8 Å². The molecule has 0 saturated heterocycles. The lowest BCUT2D eigenvalue weighted by Crippen LogP contribution is -2.33. The Hall–Kier alpha value is -3.27. The SMILES string of the molecule is CC1(C)CCC(C)(C)c2cc(COc3ccccc3-c3ccc(OC(=O)O)cc3)ccc21. The highest BCUT2D eigenvalue weighted by Crippen LogP contribution is 2.46. The second-order valence-corrected chi connectivity index (χ2v) is 9.82. The summed E-state index contributed by atoms with van der Waals surface area (Å²) in [5.41, 5.74) is 6.29. The van der Waals surface area contributed by atoms with Gasteiger partial charge in [0.2, 0.25) is 0 Å². The van der Waals surface area contributed by atoms with Gasteiger partial charge in [-0.2, -0.15) is 0 Å². The van der Waals surface area contributed by atoms with Crippen LogP contribution in [0.15, 0.2) is 66.7 Å². The number of rotatable bonds is 5. The maximum Gasteiger partial charge on any atom is 0.511 e. The summed E-state index contributed by atoms with van der Waals surface area (Å²) in [6, 6.07) is 21.6. The number of ether oxygens (including phenoxy) is 2. The quantitative estimate of drug-likeness (QED) is 0.340. The minimum atomic E-state index is -1.32. The van der Waals surface area contributed by atoms with Crippen LogP contribution in [-0.2, 0) is 17.4 Å². The highest BCUT2D eigenvalue weighted by molar-refractivity contribution is 5.71. The monoisotopic (exact) mass is 430 g/mol. The third-order valence-electron chi connectivity index (χ3n) is 6.57. The van der Waals surface area contributed by atoms with E-state index in [4.69, 9.17) is 14.6 Å². The Morgan fingerprint density at radius 3 is 2.22 bits per heavy atom. The normalized spacial score (nSPS) is 16.1. The maximum atomic E-state index is 10.7. The number of carboxylic acid groups (broad SMARTS) is 1. The first-order valence-electron chi connectivity index (χ1n) is 11.0. The van der Waals surface area contributed by atoms with Gasteiger partial charge in [0.05, 0.1) is 0 Å². The lowest BCUT2D eigenvalue weighted by Gasteiger charge is -2.42. The highest BCUT2D eigenvalue weighted by atomic mass is 16.7. The second kappa shape index (κ2) is 8.34. The van der Waals surface area contributed by atoms with Gasteiger partial charge in [-0.05, 0) is 64.1 Å². The molecule has 166 valence electrons. The van der Waals surface area contributed by atoms with Crippen LogP contribution >= 0.6 is 0 Å². The Morgan fingerprint density at radius 2 is 1.53 bits per heavy atom. The molecule has 0 unspecified atom stereocenters. The minimum Gasteiger partial charge on any atom is -0.488 e. The van der Waals surface area contributed by atoms with Crippen LogP contribution in [0, 0.1) is 0 Å². The minimum absolute atomic E-state index is 0.165. The van der Waals surface area contributed by atoms with E-state index in [2.05, 4.69) is 45.9 Å². The summed E-state index contributed by atoms with van der Waals surface area (Å²) in [7, 11) is 0. The molecule has 1 aliphatic carbocycles. The standard InChI is InChI=1S/C28H30O4/c1-27(2)15-16-28(3,4)24-17-19(9-14-23(24)27)18-31-25-8-6-5-7-22(25)20-10-12-21(13-11-20)32-26(29)30/h5-14,17H,15-16,18H2,1-4H3,(H,29,30). The molecule has 4 nitrogen and oxygen atoms in total. The van der Waals surface area contributed by atoms with Crippen molar-refractivity contribution < 1.29 is 19.4 Å². The Labute approximate surface area is 189 Å². The van der Waals surface area contributed by atoms with Crippen LogP contribution in [0.5, 0.6) is 11.5 Å². The average Bonchev–Trinajstić information content (AvgIpc) is 2.76. The summed E-state index contributed by atoms with van der Waals surface area (Å²) < 4.78 is 11.0. The molecule has 0 spiro atoms. The van der Waals surface area contributed by atoms with Crippen molar-refractivity contribution in [2.75, 3.05) is 0 Å². The zero-order valence-corrected chi connectivity index (χ0v) is 19.1. The van der Waals surface area contributed by atoms with Crippen molar-refractivity contribution in [1.82, 2.24) is 0 Å². The lowest BCUT2D eigenvalue weighted by molar-refractivity contribution is 0.144. The van der Waals surface area contributed by atoms with Gasteiger partial charge in [-0.3, -0.25) is 0 Å². The summed E-state index contributed by atoms with van der Waals surface area (Å²) in [5.74, 6) is 1.08. The fraction of sp³-hybridized carbons (Fsp3) is 0.321. The van der Waals surface area contributed by atoms with Crippen LogP contribution in [0.2, 0.25) is 0 Å². The third-order valence-corrected chi connectivity index (χ3v) is 6.57. The molecule has 0 amide bonds. The number of hydrogen-bond donors (Lipinski definition) is 1. The first-order chi connectivity index (χ1) is 15.2. The Balaban J connectivity index is 1.56. The average molecular weight is 431 g/mol. The molecule has 0 heterocycles. The molecule has 1 aliphatic rings. The molecular formula is C28H30O4. The van der Waals surface area contributed by atoms with E-state index in [9.17, 15) is 4.79 Å². The summed E-state index contributed by atoms with van der Waals surface area (Å²) in [5, 5.41) is 8.77. The molecule has 0 aromatic heterocycles. The van der Waals surface area contributed by atoms with Gasteiger partial charge in [0.1, 0.15) is 18.1 Å². The van der Waals surface area contributed by atoms with Crippen LogP contribution in [0.25, 0.3) is 11.1 Å². The van der Waals surface area contributed by atoms with E-state index in [1.807, 2.05) is 36.4 Å². The highest BCUT2D eigenvalue weighted by Gasteiger charge is 2.36. The summed E-state index contributed by atoms with van der Waals surface area (Å²) in [6.45, 7) is 9.82. The van der Waals surface area contributed by atoms with Crippen molar-refractivity contribution in [2.45, 2.75) is 58.0 Å². The van der Waals surface area contributed by atoms with Crippen LogP contribution in [0.4, 0.5) is 4.79 Å². The fourth-order valence-electron chi connectivity index (χ4n) is 4.52. The largest absolute Gasteiger partial charge is 0.511 e. The maximum absolute atomic E-state index is 10.7. The van der Waals surface area contributed by atoms with Gasteiger partial charge >= 0.3 is 6.16 Å². The zero-order valence-electron chi connectivity index (χ0n) is 19.1. The third kappa shape index (κ3) is 4.50. The molecule has 32 heavy (non-hydrogen) atoms. The molecule has 3 aromatic carbocycles. The molecule has 4 heteroatoms. The number of carbonyl (C=O) groups is 1. The predicted octanol–water partition coefficient (Wildman–Crippen LogP) is 7.34. The van der Waals surface area contributed by atoms with E-state index in [0.29, 0.717) is 12.4 Å². The zero-order chi connectivity index (χ0) is 22.9. The first-order valence-corrected chi connectivity index (χ1v) is 11.0. The molecule has 4 rings (SSSR count). The van der Waals surface area contributed by atoms with Crippen molar-refractivity contribution in [1.29, 1.82) is 0 Å². The molecule has 0 radical (unpaired) electrons. The van der Waals surface area contributed by atoms with Gasteiger partial charge in [0.25, 0.3) is 0 Å². The molecular weight excluding hydrogens is 400 g/mol. The topological polar surface area (TPSA) is 55.8 Å². The van der Waals surface area contributed by atoms with E-state index in [1.165, 1.54) is 24.0 Å². The molecule has 0 saturated carbocycles. The van der Waals surface area contributed by atoms with Gasteiger partial charge < -0.3 is 14.6 Å². The molecule has 0 bridgehead atoms. The van der Waals surface area contributed by atoms with Gasteiger partial charge in [0.15, 0.2) is 0 Å². The number of hydrogen-bond acceptors (Lipinski definition) is 3. The molecule has 0 atom stereocenters. The molecule has 1 N–H and O–H groups in total. The Morgan fingerprint density at radius 1 is 0.875 bits per heavy atom. The molecule has 0 aliphatic heterocycles. The van der Waals surface area contributed by atoms with Crippen LogP contribution in [0.1, 0.15) is 57.2 Å². The summed E-state index contributed by atoms with van der Waals surface area (Å²) >= 11 is 0. The lowest BCUT2D eigenvalue weighted by atomic mass is 9.63. The number of benzene rings is 3. The van der Waals surface area contributed by atoms with E-state index >= 15 is 0 Å². The van der Waals surface area contributed by atoms with Gasteiger partial charge in [-0.25, -0.2) is 4.79 Å². The molecule has 3 aromatic rings. The number of fused-ring (bicyclic) bond motifs is 1. The van der Waals surface area contributed by atoms with Gasteiger partial charge in [-0.15, -0.1) is 0 Å². The van der Waals surface area contributed by atoms with Crippen molar-refractivity contribution in [3.63, 3.8) is 0 Å². The first kappa shape index (κ1) is 21.9. The van der Waals surface area contributed by atoms with Gasteiger partial charge in [0, 0.05) is 5.56 Å². The Bertz CT molecular complexity index is 1130. The second-order valence-electron chi connectivity index (χ2n) is 9.82. The van der Waals surface area contributed by atoms with Crippen molar-refractivity contribution in [2.24, 2.45) is 0 Å². The van der Waals surface area contributed by atoms with Crippen LogP contribution < -0.4 is 9.47 Å². The van der Waals surface area contributed by atoms with Crippen LogP contribution in [-0.4, -0.2) is 11.3 Å². The van der Waals surface area contributed by atoms with Crippen LogP contribution in [0.3, 0.4) is 0 Å². The number of para-hydroxylation sites is 1. The smallest absolute Gasteiger partial charge is 0.488 e.